The molecule has 1 atom stereocenters. The second-order valence-electron chi connectivity index (χ2n) is 5.16. The lowest BCUT2D eigenvalue weighted by Gasteiger charge is -2.16. The summed E-state index contributed by atoms with van der Waals surface area (Å²) < 4.78 is 2.99. The van der Waals surface area contributed by atoms with E-state index in [9.17, 15) is 0 Å². The molecule has 0 fully saturated rings. The number of hydrogen-bond donors (Lipinski definition) is 2. The SMILES string of the molecule is Cc1ccc(SCC(Cc2c(Br)c(C)nn2C)NN)cc1. The smallest absolute Gasteiger partial charge is 0.0738 e. The first-order valence-electron chi connectivity index (χ1n) is 6.84. The van der Waals surface area contributed by atoms with Gasteiger partial charge in [-0.2, -0.15) is 5.10 Å². The number of thioether (sulfide) groups is 1. The first kappa shape index (κ1) is 16.5. The number of nitrogens with two attached hydrogens (primary N) is 1. The van der Waals surface area contributed by atoms with Crippen LogP contribution in [0, 0.1) is 13.8 Å². The molecule has 0 saturated carbocycles. The fraction of sp³-hybridized carbons (Fsp3) is 0.400. The number of hydrazine groups is 1. The Labute approximate surface area is 138 Å². The highest BCUT2D eigenvalue weighted by atomic mass is 79.9. The van der Waals surface area contributed by atoms with E-state index in [1.165, 1.54) is 16.2 Å². The molecular weight excluding hydrogens is 348 g/mol. The molecule has 0 amide bonds. The molecular formula is C15H21BrN4S. The number of benzene rings is 1. The zero-order valence-electron chi connectivity index (χ0n) is 12.6. The number of nitrogens with zero attached hydrogens (tertiary/aromatic N) is 2. The van der Waals surface area contributed by atoms with Crippen LogP contribution in [0.5, 0.6) is 0 Å². The fourth-order valence-corrected chi connectivity index (χ4v) is 3.57. The Hall–Kier alpha value is -0.820. The lowest BCUT2D eigenvalue weighted by molar-refractivity contribution is 0.550. The van der Waals surface area contributed by atoms with E-state index < -0.39 is 0 Å². The Kier molecular flexibility index (Phi) is 5.87. The van der Waals surface area contributed by atoms with Crippen molar-refractivity contribution in [1.82, 2.24) is 15.2 Å². The predicted molar refractivity (Wildman–Crippen MR) is 92.4 cm³/mol. The van der Waals surface area contributed by atoms with E-state index in [0.29, 0.717) is 0 Å². The van der Waals surface area contributed by atoms with Gasteiger partial charge in [0.2, 0.25) is 0 Å². The van der Waals surface area contributed by atoms with Crippen molar-refractivity contribution in [3.05, 3.63) is 45.7 Å². The van der Waals surface area contributed by atoms with Crippen LogP contribution in [0.3, 0.4) is 0 Å². The molecule has 6 heteroatoms. The Morgan fingerprint density at radius 3 is 2.52 bits per heavy atom. The summed E-state index contributed by atoms with van der Waals surface area (Å²) in [6.45, 7) is 4.10. The third-order valence-electron chi connectivity index (χ3n) is 3.41. The summed E-state index contributed by atoms with van der Waals surface area (Å²) in [5.74, 6) is 6.62. The van der Waals surface area contributed by atoms with Crippen molar-refractivity contribution in [1.29, 1.82) is 0 Å². The highest BCUT2D eigenvalue weighted by Gasteiger charge is 2.16. The zero-order valence-corrected chi connectivity index (χ0v) is 15.0. The Morgan fingerprint density at radius 2 is 2.00 bits per heavy atom. The molecule has 1 aromatic heterocycles. The average Bonchev–Trinajstić information content (AvgIpc) is 2.71. The van der Waals surface area contributed by atoms with Gasteiger partial charge in [-0.1, -0.05) is 17.7 Å². The molecule has 0 spiro atoms. The molecule has 0 aliphatic rings. The summed E-state index contributed by atoms with van der Waals surface area (Å²) in [6, 6.07) is 8.76. The van der Waals surface area contributed by atoms with Gasteiger partial charge in [0, 0.05) is 30.2 Å². The molecule has 2 aromatic rings. The molecule has 1 heterocycles. The first-order chi connectivity index (χ1) is 10.0. The van der Waals surface area contributed by atoms with E-state index in [4.69, 9.17) is 5.84 Å². The number of nitrogens with one attached hydrogen (secondary N) is 1. The van der Waals surface area contributed by atoms with Gasteiger partial charge >= 0.3 is 0 Å². The molecule has 2 rings (SSSR count). The Bertz CT molecular complexity index is 594. The van der Waals surface area contributed by atoms with Gasteiger partial charge < -0.3 is 0 Å². The van der Waals surface area contributed by atoms with Gasteiger partial charge in [0.1, 0.15) is 0 Å². The summed E-state index contributed by atoms with van der Waals surface area (Å²) in [4.78, 5) is 1.26. The maximum absolute atomic E-state index is 5.71. The van der Waals surface area contributed by atoms with Crippen LogP contribution >= 0.6 is 27.7 Å². The van der Waals surface area contributed by atoms with Crippen LogP contribution in [-0.2, 0) is 13.5 Å². The van der Waals surface area contributed by atoms with Gasteiger partial charge in [-0.15, -0.1) is 11.8 Å². The van der Waals surface area contributed by atoms with E-state index in [2.05, 4.69) is 57.6 Å². The van der Waals surface area contributed by atoms with Crippen LogP contribution in [0.1, 0.15) is 17.0 Å². The maximum Gasteiger partial charge on any atom is 0.0738 e. The van der Waals surface area contributed by atoms with Crippen LogP contribution in [-0.4, -0.2) is 21.6 Å². The van der Waals surface area contributed by atoms with Crippen molar-refractivity contribution in [2.24, 2.45) is 12.9 Å². The minimum absolute atomic E-state index is 0.197. The monoisotopic (exact) mass is 368 g/mol. The predicted octanol–water partition coefficient (Wildman–Crippen LogP) is 2.97. The first-order valence-corrected chi connectivity index (χ1v) is 8.62. The van der Waals surface area contributed by atoms with Gasteiger partial charge in [0.15, 0.2) is 0 Å². The van der Waals surface area contributed by atoms with Crippen LogP contribution in [0.2, 0.25) is 0 Å². The lowest BCUT2D eigenvalue weighted by atomic mass is 10.2. The Morgan fingerprint density at radius 1 is 1.33 bits per heavy atom. The highest BCUT2D eigenvalue weighted by Crippen LogP contribution is 2.24. The van der Waals surface area contributed by atoms with E-state index in [1.807, 2.05) is 30.4 Å². The van der Waals surface area contributed by atoms with Crippen molar-refractivity contribution in [3.63, 3.8) is 0 Å². The van der Waals surface area contributed by atoms with E-state index in [1.54, 1.807) is 0 Å². The molecule has 114 valence electrons. The van der Waals surface area contributed by atoms with Crippen molar-refractivity contribution < 1.29 is 0 Å². The summed E-state index contributed by atoms with van der Waals surface area (Å²) in [5, 5.41) is 4.42. The third kappa shape index (κ3) is 4.32. The number of rotatable bonds is 6. The van der Waals surface area contributed by atoms with Gasteiger partial charge in [-0.25, -0.2) is 0 Å². The highest BCUT2D eigenvalue weighted by molar-refractivity contribution is 9.10. The number of halogens is 1. The Balaban J connectivity index is 1.98. The molecule has 1 aromatic carbocycles. The fourth-order valence-electron chi connectivity index (χ4n) is 2.13. The summed E-state index contributed by atoms with van der Waals surface area (Å²) >= 11 is 5.42. The molecule has 0 bridgehead atoms. The molecule has 21 heavy (non-hydrogen) atoms. The van der Waals surface area contributed by atoms with Crippen LogP contribution in [0.4, 0.5) is 0 Å². The summed E-state index contributed by atoms with van der Waals surface area (Å²) in [5.41, 5.74) is 6.37. The van der Waals surface area contributed by atoms with E-state index in [0.717, 1.165) is 22.3 Å². The maximum atomic E-state index is 5.71. The van der Waals surface area contributed by atoms with Gasteiger partial charge in [-0.3, -0.25) is 16.0 Å². The average molecular weight is 369 g/mol. The van der Waals surface area contributed by atoms with Crippen molar-refractivity contribution in [2.45, 2.75) is 31.2 Å². The normalized spacial score (nSPS) is 12.6. The van der Waals surface area contributed by atoms with Crippen LogP contribution < -0.4 is 11.3 Å². The number of aromatic nitrogens is 2. The molecule has 0 aliphatic heterocycles. The van der Waals surface area contributed by atoms with E-state index >= 15 is 0 Å². The molecule has 1 unspecified atom stereocenters. The second kappa shape index (κ2) is 7.45. The minimum atomic E-state index is 0.197. The largest absolute Gasteiger partial charge is 0.271 e. The quantitative estimate of drug-likeness (QED) is 0.467. The standard InChI is InChI=1S/C15H21BrN4S/c1-10-4-6-13(7-5-10)21-9-12(18-17)8-14-15(16)11(2)19-20(14)3/h4-7,12,18H,8-9,17H2,1-3H3. The van der Waals surface area contributed by atoms with Gasteiger partial charge in [0.05, 0.1) is 15.9 Å². The van der Waals surface area contributed by atoms with Crippen LogP contribution in [0.15, 0.2) is 33.6 Å². The van der Waals surface area contributed by atoms with Gasteiger partial charge in [0.25, 0.3) is 0 Å². The molecule has 3 N–H and O–H groups in total. The van der Waals surface area contributed by atoms with E-state index in [-0.39, 0.29) is 6.04 Å². The topological polar surface area (TPSA) is 55.9 Å². The second-order valence-corrected chi connectivity index (χ2v) is 7.05. The molecule has 0 aliphatic carbocycles. The summed E-state index contributed by atoms with van der Waals surface area (Å²) in [7, 11) is 1.97. The molecule has 4 nitrogen and oxygen atoms in total. The molecule has 0 saturated heterocycles. The van der Waals surface area contributed by atoms with Gasteiger partial charge in [-0.05, 0) is 41.9 Å². The van der Waals surface area contributed by atoms with Crippen molar-refractivity contribution >= 4 is 27.7 Å². The van der Waals surface area contributed by atoms with Crippen molar-refractivity contribution in [3.8, 4) is 0 Å². The minimum Gasteiger partial charge on any atom is -0.271 e. The molecule has 0 radical (unpaired) electrons. The summed E-state index contributed by atoms with van der Waals surface area (Å²) in [6.07, 6.45) is 0.841. The van der Waals surface area contributed by atoms with Crippen molar-refractivity contribution in [2.75, 3.05) is 5.75 Å². The van der Waals surface area contributed by atoms with Crippen LogP contribution in [0.25, 0.3) is 0 Å². The number of aryl methyl sites for hydroxylation is 3. The number of hydrogen-bond acceptors (Lipinski definition) is 4. The third-order valence-corrected chi connectivity index (χ3v) is 5.62. The lowest BCUT2D eigenvalue weighted by Crippen LogP contribution is -2.39. The zero-order chi connectivity index (χ0) is 15.4.